The summed E-state index contributed by atoms with van der Waals surface area (Å²) in [5.41, 5.74) is 6.89. The van der Waals surface area contributed by atoms with Gasteiger partial charge in [0, 0.05) is 12.6 Å². The molecule has 2 aromatic rings. The van der Waals surface area contributed by atoms with Crippen LogP contribution in [0.3, 0.4) is 0 Å². The van der Waals surface area contributed by atoms with Gasteiger partial charge in [-0.1, -0.05) is 6.07 Å². The van der Waals surface area contributed by atoms with Crippen LogP contribution in [0.15, 0.2) is 18.2 Å². The van der Waals surface area contributed by atoms with Crippen molar-refractivity contribution in [2.24, 2.45) is 0 Å². The maximum Gasteiger partial charge on any atom is 0.295 e. The molecule has 0 fully saturated rings. The number of nitrogens with zero attached hydrogens (tertiary/aromatic N) is 3. The number of anilines is 2. The third kappa shape index (κ3) is 2.49. The molecule has 0 spiro atoms. The summed E-state index contributed by atoms with van der Waals surface area (Å²) in [4.78, 5) is 17.6. The molecule has 4 N–H and O–H groups in total. The van der Waals surface area contributed by atoms with Crippen molar-refractivity contribution in [2.75, 3.05) is 17.2 Å². The van der Waals surface area contributed by atoms with Gasteiger partial charge in [0.2, 0.25) is 11.8 Å². The SMILES string of the molecule is CCN(C(=O)c1nc(N)n[nH]1)c1cc(O)ccc1C. The van der Waals surface area contributed by atoms with Gasteiger partial charge >= 0.3 is 0 Å². The Morgan fingerprint density at radius 1 is 1.53 bits per heavy atom. The van der Waals surface area contributed by atoms with Crippen LogP contribution in [0.2, 0.25) is 0 Å². The lowest BCUT2D eigenvalue weighted by Gasteiger charge is -2.21. The minimum atomic E-state index is -0.347. The van der Waals surface area contributed by atoms with Gasteiger partial charge in [0.1, 0.15) is 5.75 Å². The molecule has 1 heterocycles. The maximum absolute atomic E-state index is 12.3. The molecule has 2 rings (SSSR count). The lowest BCUT2D eigenvalue weighted by atomic mass is 10.1. The molecule has 1 amide bonds. The number of phenolic OH excluding ortho intramolecular Hbond substituents is 1. The van der Waals surface area contributed by atoms with E-state index < -0.39 is 0 Å². The number of benzene rings is 1. The standard InChI is InChI=1S/C12H15N5O2/c1-3-17(9-6-8(18)5-4-7(9)2)11(19)10-14-12(13)16-15-10/h4-6,18H,3H2,1-2H3,(H3,13,14,15,16). The second-order valence-electron chi connectivity index (χ2n) is 4.06. The van der Waals surface area contributed by atoms with Gasteiger partial charge in [-0.2, -0.15) is 4.98 Å². The zero-order valence-corrected chi connectivity index (χ0v) is 10.7. The highest BCUT2D eigenvalue weighted by molar-refractivity contribution is 6.04. The van der Waals surface area contributed by atoms with Crippen LogP contribution in [0.4, 0.5) is 11.6 Å². The molecule has 0 saturated carbocycles. The zero-order valence-electron chi connectivity index (χ0n) is 10.7. The van der Waals surface area contributed by atoms with E-state index in [-0.39, 0.29) is 23.4 Å². The number of carbonyl (C=O) groups is 1. The summed E-state index contributed by atoms with van der Waals surface area (Å²) in [6, 6.07) is 4.86. The molecule has 0 aliphatic rings. The summed E-state index contributed by atoms with van der Waals surface area (Å²) in [5, 5.41) is 15.7. The zero-order chi connectivity index (χ0) is 14.0. The molecule has 1 aromatic carbocycles. The lowest BCUT2D eigenvalue weighted by molar-refractivity contribution is 0.0978. The Balaban J connectivity index is 2.39. The van der Waals surface area contributed by atoms with Crippen molar-refractivity contribution in [3.05, 3.63) is 29.6 Å². The van der Waals surface area contributed by atoms with E-state index in [2.05, 4.69) is 15.2 Å². The van der Waals surface area contributed by atoms with Gasteiger partial charge in [-0.05, 0) is 25.5 Å². The number of aromatic nitrogens is 3. The van der Waals surface area contributed by atoms with Gasteiger partial charge in [0.25, 0.3) is 5.91 Å². The Bertz CT molecular complexity index is 608. The van der Waals surface area contributed by atoms with Gasteiger partial charge in [-0.3, -0.25) is 9.89 Å². The van der Waals surface area contributed by atoms with Crippen LogP contribution >= 0.6 is 0 Å². The summed E-state index contributed by atoms with van der Waals surface area (Å²) in [7, 11) is 0. The van der Waals surface area contributed by atoms with E-state index in [4.69, 9.17) is 5.73 Å². The monoisotopic (exact) mass is 261 g/mol. The number of hydrogen-bond donors (Lipinski definition) is 3. The summed E-state index contributed by atoms with van der Waals surface area (Å²) in [5.74, 6) is -0.154. The van der Waals surface area contributed by atoms with Crippen LogP contribution in [0.1, 0.15) is 23.1 Å². The molecular weight excluding hydrogens is 246 g/mol. The third-order valence-electron chi connectivity index (χ3n) is 2.75. The predicted octanol–water partition coefficient (Wildman–Crippen LogP) is 1.07. The number of H-pyrrole nitrogens is 1. The number of aromatic amines is 1. The van der Waals surface area contributed by atoms with E-state index >= 15 is 0 Å². The maximum atomic E-state index is 12.3. The van der Waals surface area contributed by atoms with Gasteiger partial charge in [-0.25, -0.2) is 0 Å². The average molecular weight is 261 g/mol. The normalized spacial score (nSPS) is 10.4. The molecule has 0 saturated heterocycles. The fourth-order valence-corrected chi connectivity index (χ4v) is 1.81. The lowest BCUT2D eigenvalue weighted by Crippen LogP contribution is -2.32. The summed E-state index contributed by atoms with van der Waals surface area (Å²) < 4.78 is 0. The molecule has 0 bridgehead atoms. The van der Waals surface area contributed by atoms with Crippen molar-refractivity contribution >= 4 is 17.5 Å². The Kier molecular flexibility index (Phi) is 3.37. The number of nitrogens with one attached hydrogen (secondary N) is 1. The highest BCUT2D eigenvalue weighted by atomic mass is 16.3. The first kappa shape index (κ1) is 12.9. The minimum absolute atomic E-state index is 0.0204. The van der Waals surface area contributed by atoms with Crippen LogP contribution in [0.5, 0.6) is 5.75 Å². The number of carbonyl (C=O) groups excluding carboxylic acids is 1. The van der Waals surface area contributed by atoms with Gasteiger partial charge in [0.05, 0.1) is 5.69 Å². The number of nitrogen functional groups attached to an aromatic ring is 1. The molecule has 19 heavy (non-hydrogen) atoms. The number of nitrogens with two attached hydrogens (primary N) is 1. The molecule has 1 aromatic heterocycles. The van der Waals surface area contributed by atoms with Crippen molar-refractivity contribution in [3.63, 3.8) is 0 Å². The number of amides is 1. The van der Waals surface area contributed by atoms with E-state index in [9.17, 15) is 9.90 Å². The number of aryl methyl sites for hydroxylation is 1. The summed E-state index contributed by atoms with van der Waals surface area (Å²) in [6.07, 6.45) is 0. The van der Waals surface area contributed by atoms with Crippen LogP contribution in [0.25, 0.3) is 0 Å². The largest absolute Gasteiger partial charge is 0.508 e. The Hall–Kier alpha value is -2.57. The average Bonchev–Trinajstić information content (AvgIpc) is 2.81. The highest BCUT2D eigenvalue weighted by Crippen LogP contribution is 2.25. The molecule has 100 valence electrons. The van der Waals surface area contributed by atoms with Gasteiger partial charge in [0.15, 0.2) is 0 Å². The third-order valence-corrected chi connectivity index (χ3v) is 2.75. The fraction of sp³-hybridized carbons (Fsp3) is 0.250. The molecule has 0 radical (unpaired) electrons. The highest BCUT2D eigenvalue weighted by Gasteiger charge is 2.21. The van der Waals surface area contributed by atoms with Crippen LogP contribution in [0, 0.1) is 6.92 Å². The Labute approximate surface area is 110 Å². The van der Waals surface area contributed by atoms with E-state index in [1.165, 1.54) is 11.0 Å². The number of aromatic hydroxyl groups is 1. The van der Waals surface area contributed by atoms with E-state index in [1.54, 1.807) is 12.1 Å². The Morgan fingerprint density at radius 2 is 2.26 bits per heavy atom. The van der Waals surface area contributed by atoms with Crippen LogP contribution in [-0.4, -0.2) is 32.7 Å². The van der Waals surface area contributed by atoms with Crippen molar-refractivity contribution in [3.8, 4) is 5.75 Å². The summed E-state index contributed by atoms with van der Waals surface area (Å²) >= 11 is 0. The number of rotatable bonds is 3. The topological polar surface area (TPSA) is 108 Å². The van der Waals surface area contributed by atoms with Crippen LogP contribution < -0.4 is 10.6 Å². The molecule has 7 nitrogen and oxygen atoms in total. The fourth-order valence-electron chi connectivity index (χ4n) is 1.81. The smallest absolute Gasteiger partial charge is 0.295 e. The van der Waals surface area contributed by atoms with E-state index in [1.807, 2.05) is 13.8 Å². The minimum Gasteiger partial charge on any atom is -0.508 e. The molecular formula is C12H15N5O2. The second-order valence-corrected chi connectivity index (χ2v) is 4.06. The number of hydrogen-bond acceptors (Lipinski definition) is 5. The molecule has 7 heteroatoms. The second kappa shape index (κ2) is 4.97. The van der Waals surface area contributed by atoms with Crippen LogP contribution in [-0.2, 0) is 0 Å². The first-order valence-corrected chi connectivity index (χ1v) is 5.82. The van der Waals surface area contributed by atoms with Crippen molar-refractivity contribution in [2.45, 2.75) is 13.8 Å². The quantitative estimate of drug-likeness (QED) is 0.765. The van der Waals surface area contributed by atoms with E-state index in [0.717, 1.165) is 5.56 Å². The molecule has 0 atom stereocenters. The predicted molar refractivity (Wildman–Crippen MR) is 71.0 cm³/mol. The Morgan fingerprint density at radius 3 is 2.84 bits per heavy atom. The molecule has 0 unspecified atom stereocenters. The number of phenols is 1. The first-order valence-electron chi connectivity index (χ1n) is 5.82. The van der Waals surface area contributed by atoms with Gasteiger partial charge in [-0.15, -0.1) is 5.10 Å². The van der Waals surface area contributed by atoms with Gasteiger partial charge < -0.3 is 15.7 Å². The first-order chi connectivity index (χ1) is 9.02. The summed E-state index contributed by atoms with van der Waals surface area (Å²) in [6.45, 7) is 4.13. The van der Waals surface area contributed by atoms with Crippen molar-refractivity contribution in [1.82, 2.24) is 15.2 Å². The van der Waals surface area contributed by atoms with Crippen molar-refractivity contribution in [1.29, 1.82) is 0 Å². The molecule has 0 aliphatic heterocycles. The van der Waals surface area contributed by atoms with Crippen molar-refractivity contribution < 1.29 is 9.90 Å². The molecule has 0 aliphatic carbocycles. The van der Waals surface area contributed by atoms with E-state index in [0.29, 0.717) is 12.2 Å².